The van der Waals surface area contributed by atoms with Crippen molar-refractivity contribution in [1.82, 2.24) is 4.90 Å². The molecule has 220 valence electrons. The van der Waals surface area contributed by atoms with Crippen molar-refractivity contribution in [3.05, 3.63) is 136 Å². The molecule has 2 N–H and O–H groups in total. The van der Waals surface area contributed by atoms with Crippen LogP contribution in [0.4, 0.5) is 13.2 Å². The van der Waals surface area contributed by atoms with E-state index in [1.807, 2.05) is 54.6 Å². The van der Waals surface area contributed by atoms with Crippen molar-refractivity contribution in [2.24, 2.45) is 5.73 Å². The molecule has 0 aliphatic heterocycles. The van der Waals surface area contributed by atoms with E-state index in [0.29, 0.717) is 37.4 Å². The molecule has 0 radical (unpaired) electrons. The summed E-state index contributed by atoms with van der Waals surface area (Å²) in [5.41, 5.74) is 8.02. The Labute approximate surface area is 249 Å². The zero-order valence-corrected chi connectivity index (χ0v) is 24.1. The number of benzene rings is 4. The standard InChI is InChI=1S/C34H34ClF3N2O2/c1-24(33(39)41)27-15-8-17-29(21-27)42-20-10-19-40(22-28-16-9-18-31(32(28)35)34(36,37)38)23-30(25-11-4-2-5-12-25)26-13-6-3-7-14-26/h2-9,11-18,21,24,30H,10,19-20,22-23H2,1H3,(H2,39,41). The molecule has 4 aromatic rings. The summed E-state index contributed by atoms with van der Waals surface area (Å²) in [5.74, 6) is -0.235. The van der Waals surface area contributed by atoms with Crippen molar-refractivity contribution >= 4 is 17.5 Å². The topological polar surface area (TPSA) is 55.6 Å². The van der Waals surface area contributed by atoms with Gasteiger partial charge < -0.3 is 10.5 Å². The van der Waals surface area contributed by atoms with E-state index in [4.69, 9.17) is 22.1 Å². The molecule has 0 saturated heterocycles. The van der Waals surface area contributed by atoms with E-state index in [-0.39, 0.29) is 17.5 Å². The number of ether oxygens (including phenoxy) is 1. The number of nitrogens with two attached hydrogens (primary N) is 1. The molecule has 8 heteroatoms. The van der Waals surface area contributed by atoms with Crippen LogP contribution in [0.3, 0.4) is 0 Å². The maximum absolute atomic E-state index is 13.6. The summed E-state index contributed by atoms with van der Waals surface area (Å²) < 4.78 is 46.8. The Hall–Kier alpha value is -3.81. The third kappa shape index (κ3) is 8.37. The number of primary amides is 1. The van der Waals surface area contributed by atoms with Crippen LogP contribution in [0.15, 0.2) is 103 Å². The Morgan fingerprint density at radius 2 is 1.48 bits per heavy atom. The molecule has 0 fully saturated rings. The van der Waals surface area contributed by atoms with Crippen LogP contribution in [0.2, 0.25) is 5.02 Å². The van der Waals surface area contributed by atoms with Crippen LogP contribution < -0.4 is 10.5 Å². The first-order valence-corrected chi connectivity index (χ1v) is 14.2. The van der Waals surface area contributed by atoms with Gasteiger partial charge in [-0.1, -0.05) is 96.5 Å². The maximum atomic E-state index is 13.6. The molecule has 0 bridgehead atoms. The molecule has 4 nitrogen and oxygen atoms in total. The number of carbonyl (C=O) groups excluding carboxylic acids is 1. The van der Waals surface area contributed by atoms with Crippen molar-refractivity contribution < 1.29 is 22.7 Å². The summed E-state index contributed by atoms with van der Waals surface area (Å²) in [6.07, 6.45) is -3.93. The van der Waals surface area contributed by atoms with Crippen molar-refractivity contribution in [2.45, 2.75) is 37.9 Å². The van der Waals surface area contributed by atoms with E-state index in [9.17, 15) is 18.0 Å². The molecule has 0 aromatic heterocycles. The lowest BCUT2D eigenvalue weighted by Gasteiger charge is -2.29. The smallest absolute Gasteiger partial charge is 0.417 e. The van der Waals surface area contributed by atoms with E-state index in [1.54, 1.807) is 19.1 Å². The summed E-state index contributed by atoms with van der Waals surface area (Å²) in [6, 6.07) is 31.4. The van der Waals surface area contributed by atoms with Crippen molar-refractivity contribution in [3.8, 4) is 5.75 Å². The van der Waals surface area contributed by atoms with Gasteiger partial charge in [0.2, 0.25) is 5.91 Å². The quantitative estimate of drug-likeness (QED) is 0.159. The van der Waals surface area contributed by atoms with Gasteiger partial charge >= 0.3 is 6.18 Å². The average molecular weight is 595 g/mol. The molecule has 0 saturated carbocycles. The fourth-order valence-electron chi connectivity index (χ4n) is 4.94. The minimum absolute atomic E-state index is 0.00939. The highest BCUT2D eigenvalue weighted by molar-refractivity contribution is 6.32. The van der Waals surface area contributed by atoms with Gasteiger partial charge in [-0.05, 0) is 53.8 Å². The first-order chi connectivity index (χ1) is 20.1. The van der Waals surface area contributed by atoms with E-state index < -0.39 is 23.6 Å². The second kappa shape index (κ2) is 14.4. The highest BCUT2D eigenvalue weighted by Gasteiger charge is 2.34. The first kappa shape index (κ1) is 31.1. The van der Waals surface area contributed by atoms with Crippen LogP contribution in [0.25, 0.3) is 0 Å². The number of rotatable bonds is 13. The molecule has 4 rings (SSSR count). The van der Waals surface area contributed by atoms with Crippen LogP contribution in [0.1, 0.15) is 53.0 Å². The number of nitrogens with zero attached hydrogens (tertiary/aromatic N) is 1. The van der Waals surface area contributed by atoms with Crippen LogP contribution in [-0.4, -0.2) is 30.5 Å². The summed E-state index contributed by atoms with van der Waals surface area (Å²) in [6.45, 7) is 3.48. The SMILES string of the molecule is CC(C(N)=O)c1cccc(OCCCN(Cc2cccc(C(F)(F)F)c2Cl)CC(c2ccccc2)c2ccccc2)c1. The maximum Gasteiger partial charge on any atom is 0.417 e. The van der Waals surface area contributed by atoms with Gasteiger partial charge in [0.05, 0.1) is 23.1 Å². The predicted molar refractivity (Wildman–Crippen MR) is 161 cm³/mol. The Morgan fingerprint density at radius 3 is 2.07 bits per heavy atom. The molecule has 1 unspecified atom stereocenters. The molecule has 42 heavy (non-hydrogen) atoms. The highest BCUT2D eigenvalue weighted by atomic mass is 35.5. The van der Waals surface area contributed by atoms with Gasteiger partial charge in [-0.2, -0.15) is 13.2 Å². The van der Waals surface area contributed by atoms with E-state index in [2.05, 4.69) is 29.2 Å². The van der Waals surface area contributed by atoms with Crippen LogP contribution in [0.5, 0.6) is 5.75 Å². The Kier molecular flexibility index (Phi) is 10.7. The van der Waals surface area contributed by atoms with E-state index >= 15 is 0 Å². The van der Waals surface area contributed by atoms with Gasteiger partial charge in [-0.15, -0.1) is 0 Å². The lowest BCUT2D eigenvalue weighted by molar-refractivity contribution is -0.137. The van der Waals surface area contributed by atoms with E-state index in [0.717, 1.165) is 22.8 Å². The molecular weight excluding hydrogens is 561 g/mol. The van der Waals surface area contributed by atoms with Crippen LogP contribution >= 0.6 is 11.6 Å². The van der Waals surface area contributed by atoms with Gasteiger partial charge in [-0.3, -0.25) is 9.69 Å². The van der Waals surface area contributed by atoms with E-state index in [1.165, 1.54) is 6.07 Å². The van der Waals surface area contributed by atoms with Crippen LogP contribution in [-0.2, 0) is 17.5 Å². The molecule has 0 aliphatic rings. The number of alkyl halides is 3. The first-order valence-electron chi connectivity index (χ1n) is 13.8. The van der Waals surface area contributed by atoms with Gasteiger partial charge in [0.1, 0.15) is 5.75 Å². The molecular formula is C34H34ClF3N2O2. The molecule has 0 heterocycles. The third-order valence-electron chi connectivity index (χ3n) is 7.29. The average Bonchev–Trinajstić information content (AvgIpc) is 2.98. The Balaban J connectivity index is 1.55. The molecule has 0 spiro atoms. The summed E-state index contributed by atoms with van der Waals surface area (Å²) in [4.78, 5) is 13.7. The minimum atomic E-state index is -4.54. The molecule has 0 aliphatic carbocycles. The summed E-state index contributed by atoms with van der Waals surface area (Å²) in [7, 11) is 0. The number of amides is 1. The zero-order valence-electron chi connectivity index (χ0n) is 23.4. The monoisotopic (exact) mass is 594 g/mol. The molecule has 1 amide bonds. The number of halogens is 4. The van der Waals surface area contributed by atoms with Gasteiger partial charge in [0.15, 0.2) is 0 Å². The number of hydrogen-bond acceptors (Lipinski definition) is 3. The minimum Gasteiger partial charge on any atom is -0.494 e. The van der Waals surface area contributed by atoms with Gasteiger partial charge in [-0.25, -0.2) is 0 Å². The molecule has 4 aromatic carbocycles. The van der Waals surface area contributed by atoms with Crippen molar-refractivity contribution in [3.63, 3.8) is 0 Å². The second-order valence-electron chi connectivity index (χ2n) is 10.3. The fraction of sp³-hybridized carbons (Fsp3) is 0.265. The summed E-state index contributed by atoms with van der Waals surface area (Å²) >= 11 is 6.31. The van der Waals surface area contributed by atoms with Gasteiger partial charge in [0, 0.05) is 25.6 Å². The lowest BCUT2D eigenvalue weighted by Crippen LogP contribution is -2.31. The fourth-order valence-corrected chi connectivity index (χ4v) is 5.24. The number of carbonyl (C=O) groups is 1. The second-order valence-corrected chi connectivity index (χ2v) is 10.7. The predicted octanol–water partition coefficient (Wildman–Crippen LogP) is 8.05. The largest absolute Gasteiger partial charge is 0.494 e. The van der Waals surface area contributed by atoms with Crippen molar-refractivity contribution in [1.29, 1.82) is 0 Å². The normalized spacial score (nSPS) is 12.5. The molecule has 1 atom stereocenters. The number of hydrogen-bond donors (Lipinski definition) is 1. The lowest BCUT2D eigenvalue weighted by atomic mass is 9.90. The van der Waals surface area contributed by atoms with Gasteiger partial charge in [0.25, 0.3) is 0 Å². The summed E-state index contributed by atoms with van der Waals surface area (Å²) in [5, 5.41) is -0.275. The van der Waals surface area contributed by atoms with Crippen molar-refractivity contribution in [2.75, 3.05) is 19.7 Å². The Bertz CT molecular complexity index is 1410. The van der Waals surface area contributed by atoms with Crippen LogP contribution in [0, 0.1) is 0 Å². The highest BCUT2D eigenvalue weighted by Crippen LogP contribution is 2.37. The Morgan fingerprint density at radius 1 is 0.881 bits per heavy atom. The zero-order chi connectivity index (χ0) is 30.1. The third-order valence-corrected chi connectivity index (χ3v) is 7.74.